The quantitative estimate of drug-likeness (QED) is 0.422. The Labute approximate surface area is 130 Å². The van der Waals surface area contributed by atoms with Gasteiger partial charge in [-0.05, 0) is 6.92 Å². The van der Waals surface area contributed by atoms with E-state index in [4.69, 9.17) is 16.2 Å². The number of nitrogens with two attached hydrogens (primary N) is 2. The number of aliphatic hydroxyl groups is 3. The lowest BCUT2D eigenvalue weighted by atomic mass is 10.0. The molecule has 3 rings (SSSR count). The second-order valence-electron chi connectivity index (χ2n) is 5.49. The molecule has 0 aromatic carbocycles. The SMILES string of the molecule is Cc1nc2n([C@]3(O)CO[C@@H](CO)C3O)cnc(N)c-2c1C(N)=O. The predicted octanol–water partition coefficient (Wildman–Crippen LogP) is -2.23. The zero-order valence-corrected chi connectivity index (χ0v) is 12.3. The molecule has 3 heterocycles. The summed E-state index contributed by atoms with van der Waals surface area (Å²) in [7, 11) is 0. The van der Waals surface area contributed by atoms with E-state index in [0.29, 0.717) is 5.69 Å². The summed E-state index contributed by atoms with van der Waals surface area (Å²) in [5.74, 6) is -0.548. The van der Waals surface area contributed by atoms with Crippen LogP contribution in [0.2, 0.25) is 0 Å². The van der Waals surface area contributed by atoms with Crippen LogP contribution in [-0.2, 0) is 10.5 Å². The summed E-state index contributed by atoms with van der Waals surface area (Å²) in [4.78, 5) is 19.8. The van der Waals surface area contributed by atoms with Crippen molar-refractivity contribution in [2.45, 2.75) is 24.9 Å². The Balaban J connectivity index is 2.20. The summed E-state index contributed by atoms with van der Waals surface area (Å²) in [5.41, 5.74) is 9.91. The number of fused-ring (bicyclic) bond motifs is 1. The van der Waals surface area contributed by atoms with Gasteiger partial charge in [0, 0.05) is 0 Å². The van der Waals surface area contributed by atoms with Crippen molar-refractivity contribution >= 4 is 11.7 Å². The van der Waals surface area contributed by atoms with Crippen molar-refractivity contribution in [1.82, 2.24) is 14.5 Å². The first-order valence-electron chi connectivity index (χ1n) is 6.87. The minimum Gasteiger partial charge on any atom is -0.394 e. The minimum atomic E-state index is -1.91. The van der Waals surface area contributed by atoms with Crippen molar-refractivity contribution in [3.63, 3.8) is 0 Å². The lowest BCUT2D eigenvalue weighted by molar-refractivity contribution is -0.112. The average molecular weight is 323 g/mol. The van der Waals surface area contributed by atoms with Gasteiger partial charge in [-0.2, -0.15) is 0 Å². The molecule has 0 aromatic rings. The third-order valence-electron chi connectivity index (χ3n) is 4.08. The monoisotopic (exact) mass is 323 g/mol. The first-order chi connectivity index (χ1) is 10.8. The number of carbonyl (C=O) groups is 1. The number of hydrogen-bond donors (Lipinski definition) is 5. The number of primary amides is 1. The number of aryl methyl sites for hydroxylation is 1. The summed E-state index contributed by atoms with van der Waals surface area (Å²) in [6.45, 7) is 0.824. The molecule has 0 aliphatic carbocycles. The fraction of sp³-hybridized carbons (Fsp3) is 0.462. The molecule has 0 spiro atoms. The van der Waals surface area contributed by atoms with E-state index in [-0.39, 0.29) is 29.4 Å². The van der Waals surface area contributed by atoms with Gasteiger partial charge < -0.3 is 31.5 Å². The third-order valence-corrected chi connectivity index (χ3v) is 4.08. The van der Waals surface area contributed by atoms with Crippen LogP contribution in [0, 0.1) is 6.92 Å². The van der Waals surface area contributed by atoms with Crippen molar-refractivity contribution in [2.24, 2.45) is 5.73 Å². The third kappa shape index (κ3) is 2.07. The lowest BCUT2D eigenvalue weighted by Crippen LogP contribution is -2.47. The summed E-state index contributed by atoms with van der Waals surface area (Å²) < 4.78 is 6.38. The average Bonchev–Trinajstić information content (AvgIpc) is 2.98. The standard InChI is InChI=1S/C13H17N5O5/c1-5-7(11(15)21)8-10(14)16-4-18(12(8)17-5)13(22)3-23-6(2-19)9(13)20/h4,6,9,19-20,22H,2-3,14H2,1H3,(H2,15,21)/t6-,9?,13-/m0/s1. The van der Waals surface area contributed by atoms with E-state index >= 15 is 0 Å². The number of anilines is 1. The van der Waals surface area contributed by atoms with Gasteiger partial charge in [-0.1, -0.05) is 0 Å². The Kier molecular flexibility index (Phi) is 3.48. The molecule has 23 heavy (non-hydrogen) atoms. The van der Waals surface area contributed by atoms with Gasteiger partial charge in [0.05, 0.1) is 30.0 Å². The fourth-order valence-electron chi connectivity index (χ4n) is 2.87. The molecule has 0 bridgehead atoms. The zero-order valence-electron chi connectivity index (χ0n) is 12.3. The van der Waals surface area contributed by atoms with Crippen LogP contribution in [-0.4, -0.2) is 61.2 Å². The Morgan fingerprint density at radius 3 is 2.87 bits per heavy atom. The van der Waals surface area contributed by atoms with Crippen LogP contribution >= 0.6 is 0 Å². The van der Waals surface area contributed by atoms with Crippen LogP contribution in [0.3, 0.4) is 0 Å². The Bertz CT molecular complexity index is 747. The van der Waals surface area contributed by atoms with Crippen LogP contribution in [0.5, 0.6) is 0 Å². The van der Waals surface area contributed by atoms with Crippen LogP contribution < -0.4 is 11.5 Å². The molecule has 10 heteroatoms. The Morgan fingerprint density at radius 2 is 2.30 bits per heavy atom. The number of carbonyl (C=O) groups excluding carboxylic acids is 1. The predicted molar refractivity (Wildman–Crippen MR) is 77.3 cm³/mol. The second-order valence-corrected chi connectivity index (χ2v) is 5.49. The maximum Gasteiger partial charge on any atom is 0.251 e. The van der Waals surface area contributed by atoms with E-state index < -0.39 is 30.4 Å². The van der Waals surface area contributed by atoms with Crippen LogP contribution in [0.1, 0.15) is 16.1 Å². The number of rotatable bonds is 3. The summed E-state index contributed by atoms with van der Waals surface area (Å²) in [6, 6.07) is 0. The van der Waals surface area contributed by atoms with E-state index in [9.17, 15) is 20.1 Å². The van der Waals surface area contributed by atoms with Crippen LogP contribution in [0.25, 0.3) is 11.4 Å². The van der Waals surface area contributed by atoms with Gasteiger partial charge in [-0.15, -0.1) is 0 Å². The largest absolute Gasteiger partial charge is 0.394 e. The fourth-order valence-corrected chi connectivity index (χ4v) is 2.87. The molecule has 1 saturated heterocycles. The molecule has 1 amide bonds. The second kappa shape index (κ2) is 5.13. The molecule has 0 radical (unpaired) electrons. The number of aliphatic hydroxyl groups excluding tert-OH is 2. The van der Waals surface area contributed by atoms with E-state index in [0.717, 1.165) is 0 Å². The van der Waals surface area contributed by atoms with E-state index in [1.165, 1.54) is 10.9 Å². The summed E-state index contributed by atoms with van der Waals surface area (Å²) >= 11 is 0. The molecule has 3 aliphatic heterocycles. The highest BCUT2D eigenvalue weighted by Crippen LogP contribution is 2.38. The van der Waals surface area contributed by atoms with Crippen molar-refractivity contribution in [3.8, 4) is 11.4 Å². The number of amides is 1. The Hall–Kier alpha value is -2.27. The molecule has 124 valence electrons. The van der Waals surface area contributed by atoms with Gasteiger partial charge in [-0.25, -0.2) is 9.97 Å². The zero-order chi connectivity index (χ0) is 16.9. The van der Waals surface area contributed by atoms with Gasteiger partial charge in [0.2, 0.25) is 0 Å². The molecule has 1 fully saturated rings. The minimum absolute atomic E-state index is 0.0290. The van der Waals surface area contributed by atoms with Gasteiger partial charge in [-0.3, -0.25) is 9.36 Å². The Morgan fingerprint density at radius 1 is 1.61 bits per heavy atom. The summed E-state index contributed by atoms with van der Waals surface area (Å²) in [5, 5.41) is 30.2. The van der Waals surface area contributed by atoms with Crippen LogP contribution in [0.4, 0.5) is 5.82 Å². The maximum atomic E-state index is 11.6. The molecular formula is C13H17N5O5. The van der Waals surface area contributed by atoms with Crippen molar-refractivity contribution in [3.05, 3.63) is 17.6 Å². The van der Waals surface area contributed by atoms with Crippen molar-refractivity contribution in [2.75, 3.05) is 18.9 Å². The molecule has 0 aromatic heterocycles. The lowest BCUT2D eigenvalue weighted by Gasteiger charge is -2.30. The topological polar surface area (TPSA) is 170 Å². The van der Waals surface area contributed by atoms with Crippen molar-refractivity contribution < 1.29 is 24.9 Å². The maximum absolute atomic E-state index is 11.6. The number of nitrogen functional groups attached to an aromatic ring is 1. The van der Waals surface area contributed by atoms with Gasteiger partial charge in [0.1, 0.15) is 30.2 Å². The number of nitrogens with zero attached hydrogens (tertiary/aromatic N) is 3. The number of hydrogen-bond acceptors (Lipinski definition) is 8. The smallest absolute Gasteiger partial charge is 0.251 e. The van der Waals surface area contributed by atoms with Crippen molar-refractivity contribution in [1.29, 1.82) is 0 Å². The summed E-state index contributed by atoms with van der Waals surface area (Å²) in [6.07, 6.45) is -1.17. The molecule has 3 aliphatic rings. The molecule has 7 N–H and O–H groups in total. The highest BCUT2D eigenvalue weighted by molar-refractivity contribution is 6.03. The van der Waals surface area contributed by atoms with E-state index in [1.807, 2.05) is 0 Å². The van der Waals surface area contributed by atoms with E-state index in [2.05, 4.69) is 9.97 Å². The number of aromatic nitrogens is 3. The van der Waals surface area contributed by atoms with Gasteiger partial charge in [0.15, 0.2) is 5.72 Å². The highest BCUT2D eigenvalue weighted by atomic mass is 16.5. The van der Waals surface area contributed by atoms with Gasteiger partial charge >= 0.3 is 0 Å². The van der Waals surface area contributed by atoms with Gasteiger partial charge in [0.25, 0.3) is 5.91 Å². The molecular weight excluding hydrogens is 306 g/mol. The molecule has 3 atom stereocenters. The first kappa shape index (κ1) is 15.6. The number of ether oxygens (including phenoxy) is 1. The highest BCUT2D eigenvalue weighted by Gasteiger charge is 2.50. The molecule has 1 unspecified atom stereocenters. The molecule has 10 nitrogen and oxygen atoms in total. The normalized spacial score (nSPS) is 27.7. The molecule has 0 saturated carbocycles. The van der Waals surface area contributed by atoms with E-state index in [1.54, 1.807) is 6.92 Å². The van der Waals surface area contributed by atoms with Crippen LogP contribution in [0.15, 0.2) is 6.33 Å². The first-order valence-corrected chi connectivity index (χ1v) is 6.87.